The van der Waals surface area contributed by atoms with Crippen LogP contribution in [-0.2, 0) is 4.57 Å². The van der Waals surface area contributed by atoms with Crippen molar-refractivity contribution >= 4 is 112 Å². The Labute approximate surface area is 418 Å². The topological polar surface area (TPSA) is 31.9 Å². The predicted octanol–water partition coefficient (Wildman–Crippen LogP) is 14.4. The van der Waals surface area contributed by atoms with Crippen LogP contribution in [0.15, 0.2) is 273 Å². The molecule has 340 valence electrons. The van der Waals surface area contributed by atoms with Gasteiger partial charge >= 0.3 is 0 Å². The molecule has 0 aliphatic heterocycles. The molecule has 3 aromatic heterocycles. The van der Waals surface area contributed by atoms with Crippen LogP contribution in [0.3, 0.4) is 0 Å². The number of hydrogen-bond acceptors (Lipinski definition) is 1. The van der Waals surface area contributed by atoms with Crippen LogP contribution in [0.5, 0.6) is 0 Å². The zero-order valence-electron chi connectivity index (χ0n) is 39.1. The summed E-state index contributed by atoms with van der Waals surface area (Å²) >= 11 is 0. The Kier molecular flexibility index (Phi) is 10.1. The van der Waals surface area contributed by atoms with E-state index < -0.39 is 15.1 Å². The number of para-hydroxylation sites is 4. The second-order valence-electron chi connectivity index (χ2n) is 18.5. The Morgan fingerprint density at radius 3 is 0.986 bits per heavy atom. The van der Waals surface area contributed by atoms with Gasteiger partial charge in [0.25, 0.3) is 0 Å². The van der Waals surface area contributed by atoms with Crippen LogP contribution in [0, 0.1) is 0 Å². The van der Waals surface area contributed by atoms with E-state index >= 15 is 4.57 Å². The molecule has 0 aliphatic carbocycles. The van der Waals surface area contributed by atoms with Gasteiger partial charge in [0.2, 0.25) is 0 Å². The molecule has 0 N–H and O–H groups in total. The first-order chi connectivity index (χ1) is 35.6. The summed E-state index contributed by atoms with van der Waals surface area (Å²) in [4.78, 5) is 0. The quantitative estimate of drug-likeness (QED) is 0.133. The average molecular weight is 958 g/mol. The molecule has 14 rings (SSSR count). The van der Waals surface area contributed by atoms with Crippen molar-refractivity contribution in [3.63, 3.8) is 0 Å². The molecule has 6 heteroatoms. The van der Waals surface area contributed by atoms with Gasteiger partial charge < -0.3 is 18.3 Å². The van der Waals surface area contributed by atoms with Gasteiger partial charge in [0, 0.05) is 48.2 Å². The van der Waals surface area contributed by atoms with Crippen LogP contribution in [0.2, 0.25) is 0 Å². The number of nitrogens with zero attached hydrogens (tertiary/aromatic N) is 3. The molecule has 14 aromatic rings. The molecule has 0 unspecified atom stereocenters. The first-order valence-corrected chi connectivity index (χ1v) is 27.5. The lowest BCUT2D eigenvalue weighted by Crippen LogP contribution is -2.24. The Balaban J connectivity index is 1.04. The van der Waals surface area contributed by atoms with Gasteiger partial charge in [-0.15, -0.1) is 0 Å². The van der Waals surface area contributed by atoms with E-state index in [1.54, 1.807) is 0 Å². The van der Waals surface area contributed by atoms with Crippen LogP contribution in [0.25, 0.3) is 82.5 Å². The third-order valence-corrected chi connectivity index (χ3v) is 19.9. The summed E-state index contributed by atoms with van der Waals surface area (Å²) in [7, 11) is -4.07. The molecule has 0 saturated carbocycles. The van der Waals surface area contributed by atoms with Crippen molar-refractivity contribution in [3.05, 3.63) is 273 Å². The smallest absolute Gasteiger partial charge is 0.171 e. The minimum Gasteiger partial charge on any atom is -0.309 e. The fourth-order valence-corrected chi connectivity index (χ4v) is 16.3. The summed E-state index contributed by atoms with van der Waals surface area (Å²) in [5.74, 6) is 0. The fourth-order valence-electron chi connectivity index (χ4n) is 11.3. The molecule has 3 heterocycles. The molecule has 0 atom stereocenters. The van der Waals surface area contributed by atoms with E-state index in [0.717, 1.165) is 76.8 Å². The number of hydrogen-bond donors (Lipinski definition) is 0. The predicted molar refractivity (Wildman–Crippen MR) is 308 cm³/mol. The molecule has 0 aliphatic rings. The molecule has 0 saturated heterocycles. The van der Waals surface area contributed by atoms with Gasteiger partial charge in [0.15, 0.2) is 7.14 Å². The summed E-state index contributed by atoms with van der Waals surface area (Å²) in [6.45, 7) is 0. The second kappa shape index (κ2) is 17.1. The third-order valence-electron chi connectivity index (χ3n) is 14.4. The molecular weight excluding hydrogens is 913 g/mol. The molecule has 72 heavy (non-hydrogen) atoms. The lowest BCUT2D eigenvalue weighted by atomic mass is 10.1. The van der Waals surface area contributed by atoms with Crippen LogP contribution in [0.4, 0.5) is 0 Å². The van der Waals surface area contributed by atoms with E-state index in [9.17, 15) is 0 Å². The number of fused-ring (bicyclic) bond motifs is 9. The monoisotopic (exact) mass is 957 g/mol. The maximum Gasteiger partial charge on any atom is 0.171 e. The molecule has 0 amide bonds. The van der Waals surface area contributed by atoms with E-state index in [0.29, 0.717) is 0 Å². The lowest BCUT2D eigenvalue weighted by molar-refractivity contribution is 0.592. The Hall–Kier alpha value is -8.52. The number of aromatic nitrogens is 3. The number of benzene rings is 11. The van der Waals surface area contributed by atoms with E-state index in [1.165, 1.54) is 37.5 Å². The highest BCUT2D eigenvalue weighted by atomic mass is 31.2. The van der Waals surface area contributed by atoms with Crippen LogP contribution in [-0.4, -0.2) is 13.7 Å². The largest absolute Gasteiger partial charge is 0.309 e. The molecule has 0 radical (unpaired) electrons. The fraction of sp³-hybridized carbons (Fsp3) is 0. The van der Waals surface area contributed by atoms with Crippen molar-refractivity contribution < 1.29 is 4.57 Å². The van der Waals surface area contributed by atoms with E-state index in [-0.39, 0.29) is 0 Å². The summed E-state index contributed by atoms with van der Waals surface area (Å²) in [5.41, 5.74) is 9.83. The van der Waals surface area contributed by atoms with Gasteiger partial charge in [-0.1, -0.05) is 200 Å². The SMILES string of the molecule is O=P(c1ccccc1)(c1ccccc1)c1ccc2c(c1)c1ccccc1n2-c1cc(-n2c3ccccc3c3ccccc32)cc(-n2c3ccccc3c3cc(P(c4ccccc4)c4ccccc4)ccc32)c1. The minimum absolute atomic E-state index is 0.808. The highest BCUT2D eigenvalue weighted by molar-refractivity contribution is 7.85. The summed E-state index contributed by atoms with van der Waals surface area (Å²) in [6, 6.07) is 97.6. The Morgan fingerprint density at radius 2 is 0.569 bits per heavy atom. The maximum atomic E-state index is 15.8. The summed E-state index contributed by atoms with van der Waals surface area (Å²) in [6.07, 6.45) is 0. The third kappa shape index (κ3) is 6.68. The zero-order chi connectivity index (χ0) is 47.8. The summed E-state index contributed by atoms with van der Waals surface area (Å²) < 4.78 is 23.1. The molecule has 4 nitrogen and oxygen atoms in total. The van der Waals surface area contributed by atoms with Crippen molar-refractivity contribution in [1.82, 2.24) is 13.7 Å². The highest BCUT2D eigenvalue weighted by Crippen LogP contribution is 2.45. The first kappa shape index (κ1) is 42.4. The van der Waals surface area contributed by atoms with Crippen LogP contribution >= 0.6 is 15.1 Å². The van der Waals surface area contributed by atoms with Crippen molar-refractivity contribution in [2.75, 3.05) is 0 Å². The van der Waals surface area contributed by atoms with Gasteiger partial charge in [0.1, 0.15) is 0 Å². The summed E-state index contributed by atoms with van der Waals surface area (Å²) in [5, 5.41) is 13.4. The maximum absolute atomic E-state index is 15.8. The van der Waals surface area contributed by atoms with Gasteiger partial charge in [-0.3, -0.25) is 0 Å². The molecule has 0 fully saturated rings. The molecular formula is C66H45N3OP2. The van der Waals surface area contributed by atoms with Gasteiger partial charge in [-0.05, 0) is 96.6 Å². The molecule has 0 spiro atoms. The van der Waals surface area contributed by atoms with Crippen LogP contribution in [0.1, 0.15) is 0 Å². The zero-order valence-corrected chi connectivity index (χ0v) is 40.9. The van der Waals surface area contributed by atoms with Gasteiger partial charge in [0.05, 0.1) is 50.2 Å². The standard InChI is InChI=1S/C66H45N3OP2/c70-72(52-25-9-3-10-26-52,53-27-11-4-12-28-53)54-38-40-66-60(45-54)58-32-16-20-36-64(58)69(66)48-42-46(67-61-33-17-13-29-55(61)56-30-14-18-34-62(56)67)41-47(43-48)68-63-35-19-15-31-57(63)59-44-51(37-39-65(59)68)71(49-21-5-1-6-22-49)50-23-7-2-8-24-50/h1-45H. The van der Waals surface area contributed by atoms with Crippen molar-refractivity contribution in [2.24, 2.45) is 0 Å². The Bertz CT molecular complexity index is 4290. The average Bonchev–Trinajstić information content (AvgIpc) is 4.09. The van der Waals surface area contributed by atoms with E-state index in [4.69, 9.17) is 0 Å². The van der Waals surface area contributed by atoms with Gasteiger partial charge in [-0.25, -0.2) is 0 Å². The number of rotatable bonds is 9. The van der Waals surface area contributed by atoms with E-state index in [2.05, 4.69) is 226 Å². The second-order valence-corrected chi connectivity index (χ2v) is 23.5. The van der Waals surface area contributed by atoms with E-state index in [1.807, 2.05) is 60.7 Å². The Morgan fingerprint density at radius 1 is 0.250 bits per heavy atom. The van der Waals surface area contributed by atoms with Crippen LogP contribution < -0.4 is 31.8 Å². The molecule has 0 bridgehead atoms. The minimum atomic E-state index is -3.26. The van der Waals surface area contributed by atoms with Crippen molar-refractivity contribution in [3.8, 4) is 17.1 Å². The first-order valence-electron chi connectivity index (χ1n) is 24.4. The van der Waals surface area contributed by atoms with Crippen molar-refractivity contribution in [2.45, 2.75) is 0 Å². The van der Waals surface area contributed by atoms with Crippen molar-refractivity contribution in [1.29, 1.82) is 0 Å². The lowest BCUT2D eigenvalue weighted by Gasteiger charge is -2.20. The van der Waals surface area contributed by atoms with Gasteiger partial charge in [-0.2, -0.15) is 0 Å². The highest BCUT2D eigenvalue weighted by Gasteiger charge is 2.31. The molecule has 11 aromatic carbocycles. The normalized spacial score (nSPS) is 12.1.